The van der Waals surface area contributed by atoms with Crippen molar-refractivity contribution in [2.45, 2.75) is 12.5 Å². The third kappa shape index (κ3) is 3.86. The van der Waals surface area contributed by atoms with Gasteiger partial charge in [-0.05, 0) is 37.2 Å². The van der Waals surface area contributed by atoms with E-state index in [0.717, 1.165) is 41.8 Å². The average molecular weight is 439 g/mol. The van der Waals surface area contributed by atoms with Gasteiger partial charge >= 0.3 is 0 Å². The van der Waals surface area contributed by atoms with Crippen molar-refractivity contribution in [1.29, 1.82) is 5.26 Å². The summed E-state index contributed by atoms with van der Waals surface area (Å²) in [5, 5.41) is 24.0. The summed E-state index contributed by atoms with van der Waals surface area (Å²) in [6.45, 7) is 1.79. The zero-order valence-corrected chi connectivity index (χ0v) is 17.9. The molecule has 0 radical (unpaired) electrons. The molecule has 3 aromatic heterocycles. The van der Waals surface area contributed by atoms with Crippen molar-refractivity contribution in [3.8, 4) is 17.3 Å². The Bertz CT molecular complexity index is 1370. The molecule has 1 saturated heterocycles. The normalized spacial score (nSPS) is 15.3. The number of nitrogens with zero attached hydrogens (tertiary/aromatic N) is 6. The van der Waals surface area contributed by atoms with Crippen molar-refractivity contribution in [2.24, 2.45) is 0 Å². The van der Waals surface area contributed by atoms with Crippen LogP contribution >= 0.6 is 0 Å². The fourth-order valence-electron chi connectivity index (χ4n) is 4.00. The summed E-state index contributed by atoms with van der Waals surface area (Å²) >= 11 is 0. The lowest BCUT2D eigenvalue weighted by molar-refractivity contribution is 0.102. The standard InChI is InChI=1S/C23H21N9O/c1-25-21-19-20(31-32(17-7-8-26-12-17)22(19)29-13-28-21)15-2-4-16(5-3-15)23(33)30-18-10-14(11-24)6-9-27-18/h2-6,9-10,13,17,26H,7-8,12H2,1H3,(H,25,28,29)(H,27,30,33). The molecule has 0 saturated carbocycles. The van der Waals surface area contributed by atoms with Crippen LogP contribution in [0.4, 0.5) is 11.6 Å². The Kier molecular flexibility index (Phi) is 5.38. The molecule has 0 spiro atoms. The number of rotatable bonds is 5. The summed E-state index contributed by atoms with van der Waals surface area (Å²) in [4.78, 5) is 25.6. The monoisotopic (exact) mass is 439 g/mol. The first kappa shape index (κ1) is 20.5. The number of nitriles is 1. The van der Waals surface area contributed by atoms with Gasteiger partial charge in [0.1, 0.15) is 23.7 Å². The Balaban J connectivity index is 1.48. The number of benzene rings is 1. The van der Waals surface area contributed by atoms with Gasteiger partial charge in [-0.25, -0.2) is 19.6 Å². The summed E-state index contributed by atoms with van der Waals surface area (Å²) in [7, 11) is 1.82. The second-order valence-corrected chi connectivity index (χ2v) is 7.68. The van der Waals surface area contributed by atoms with Gasteiger partial charge in [0.05, 0.1) is 23.1 Å². The highest BCUT2D eigenvalue weighted by atomic mass is 16.1. The van der Waals surface area contributed by atoms with Crippen LogP contribution in [0.25, 0.3) is 22.3 Å². The number of aromatic nitrogens is 5. The van der Waals surface area contributed by atoms with Gasteiger partial charge in [-0.3, -0.25) is 4.79 Å². The predicted molar refractivity (Wildman–Crippen MR) is 124 cm³/mol. The molecule has 10 heteroatoms. The Morgan fingerprint density at radius 1 is 1.21 bits per heavy atom. The molecule has 4 heterocycles. The number of carbonyl (C=O) groups excluding carboxylic acids is 1. The molecule has 10 nitrogen and oxygen atoms in total. The van der Waals surface area contributed by atoms with E-state index in [0.29, 0.717) is 22.8 Å². The summed E-state index contributed by atoms with van der Waals surface area (Å²) in [6, 6.07) is 12.6. The topological polar surface area (TPSA) is 133 Å². The predicted octanol–water partition coefficient (Wildman–Crippen LogP) is 2.59. The average Bonchev–Trinajstić information content (AvgIpc) is 3.52. The molecule has 5 rings (SSSR count). The van der Waals surface area contributed by atoms with Crippen molar-refractivity contribution in [3.63, 3.8) is 0 Å². The van der Waals surface area contributed by atoms with Crippen molar-refractivity contribution in [3.05, 3.63) is 60.0 Å². The molecular formula is C23H21N9O. The van der Waals surface area contributed by atoms with Gasteiger partial charge < -0.3 is 16.0 Å². The molecule has 33 heavy (non-hydrogen) atoms. The number of hydrogen-bond donors (Lipinski definition) is 3. The fraction of sp³-hybridized carbons (Fsp3) is 0.217. The minimum atomic E-state index is -0.309. The molecule has 0 aliphatic carbocycles. The van der Waals surface area contributed by atoms with Crippen molar-refractivity contribution in [1.82, 2.24) is 30.0 Å². The van der Waals surface area contributed by atoms with Crippen LogP contribution in [0.5, 0.6) is 0 Å². The summed E-state index contributed by atoms with van der Waals surface area (Å²) < 4.78 is 1.97. The number of fused-ring (bicyclic) bond motifs is 1. The van der Waals surface area contributed by atoms with E-state index in [4.69, 9.17) is 10.4 Å². The molecular weight excluding hydrogens is 418 g/mol. The van der Waals surface area contributed by atoms with Gasteiger partial charge in [0.25, 0.3) is 5.91 Å². The van der Waals surface area contributed by atoms with Crippen molar-refractivity contribution >= 4 is 28.6 Å². The Hall–Kier alpha value is -4.36. The van der Waals surface area contributed by atoms with Gasteiger partial charge in [0, 0.05) is 30.9 Å². The minimum Gasteiger partial charge on any atom is -0.372 e. The number of carbonyl (C=O) groups is 1. The molecule has 0 bridgehead atoms. The molecule has 164 valence electrons. The van der Waals surface area contributed by atoms with E-state index in [-0.39, 0.29) is 11.9 Å². The van der Waals surface area contributed by atoms with Crippen LogP contribution in [-0.2, 0) is 0 Å². The Labute approximate surface area is 189 Å². The number of amides is 1. The van der Waals surface area contributed by atoms with Gasteiger partial charge in [0.15, 0.2) is 5.65 Å². The zero-order chi connectivity index (χ0) is 22.8. The lowest BCUT2D eigenvalue weighted by atomic mass is 10.1. The number of anilines is 2. The first-order valence-electron chi connectivity index (χ1n) is 10.6. The lowest BCUT2D eigenvalue weighted by Crippen LogP contribution is -2.15. The lowest BCUT2D eigenvalue weighted by Gasteiger charge is -2.09. The van der Waals surface area contributed by atoms with Crippen LogP contribution in [0.2, 0.25) is 0 Å². The van der Waals surface area contributed by atoms with Crippen LogP contribution in [-0.4, -0.2) is 50.8 Å². The van der Waals surface area contributed by atoms with Crippen LogP contribution < -0.4 is 16.0 Å². The van der Waals surface area contributed by atoms with E-state index in [1.807, 2.05) is 29.9 Å². The second-order valence-electron chi connectivity index (χ2n) is 7.68. The summed E-state index contributed by atoms with van der Waals surface area (Å²) in [5.74, 6) is 0.724. The molecule has 1 aromatic carbocycles. The smallest absolute Gasteiger partial charge is 0.256 e. The molecule has 4 aromatic rings. The molecule has 1 aliphatic heterocycles. The van der Waals surface area contributed by atoms with Crippen LogP contribution in [0, 0.1) is 11.3 Å². The zero-order valence-electron chi connectivity index (χ0n) is 17.9. The minimum absolute atomic E-state index is 0.225. The number of hydrogen-bond acceptors (Lipinski definition) is 8. The quantitative estimate of drug-likeness (QED) is 0.432. The summed E-state index contributed by atoms with van der Waals surface area (Å²) in [6.07, 6.45) is 4.01. The third-order valence-corrected chi connectivity index (χ3v) is 5.66. The highest BCUT2D eigenvalue weighted by Gasteiger charge is 2.24. The van der Waals surface area contributed by atoms with E-state index >= 15 is 0 Å². The summed E-state index contributed by atoms with van der Waals surface area (Å²) in [5.41, 5.74) is 3.30. The van der Waals surface area contributed by atoms with E-state index in [1.54, 1.807) is 24.5 Å². The van der Waals surface area contributed by atoms with E-state index < -0.39 is 0 Å². The van der Waals surface area contributed by atoms with E-state index in [2.05, 4.69) is 30.9 Å². The maximum Gasteiger partial charge on any atom is 0.256 e. The molecule has 3 N–H and O–H groups in total. The maximum absolute atomic E-state index is 12.7. The third-order valence-electron chi connectivity index (χ3n) is 5.66. The highest BCUT2D eigenvalue weighted by Crippen LogP contribution is 2.33. The first-order chi connectivity index (χ1) is 16.2. The Morgan fingerprint density at radius 3 is 2.79 bits per heavy atom. The molecule has 1 aliphatic rings. The van der Waals surface area contributed by atoms with Gasteiger partial charge in [-0.2, -0.15) is 10.4 Å². The van der Waals surface area contributed by atoms with E-state index in [1.165, 1.54) is 12.3 Å². The maximum atomic E-state index is 12.7. The van der Waals surface area contributed by atoms with Gasteiger partial charge in [-0.1, -0.05) is 12.1 Å². The van der Waals surface area contributed by atoms with Crippen LogP contribution in [0.1, 0.15) is 28.4 Å². The van der Waals surface area contributed by atoms with Crippen LogP contribution in [0.3, 0.4) is 0 Å². The highest BCUT2D eigenvalue weighted by molar-refractivity contribution is 6.04. The number of nitrogens with one attached hydrogen (secondary N) is 3. The van der Waals surface area contributed by atoms with Crippen LogP contribution in [0.15, 0.2) is 48.9 Å². The largest absolute Gasteiger partial charge is 0.372 e. The van der Waals surface area contributed by atoms with Crippen molar-refractivity contribution in [2.75, 3.05) is 30.8 Å². The molecule has 1 atom stereocenters. The first-order valence-corrected chi connectivity index (χ1v) is 10.6. The molecule has 1 amide bonds. The van der Waals surface area contributed by atoms with Gasteiger partial charge in [-0.15, -0.1) is 0 Å². The van der Waals surface area contributed by atoms with Gasteiger partial charge in [0.2, 0.25) is 0 Å². The second kappa shape index (κ2) is 8.64. The van der Waals surface area contributed by atoms with E-state index in [9.17, 15) is 4.79 Å². The molecule has 1 unspecified atom stereocenters. The van der Waals surface area contributed by atoms with Crippen molar-refractivity contribution < 1.29 is 4.79 Å². The molecule has 1 fully saturated rings. The number of pyridine rings is 1. The SMILES string of the molecule is CNc1ncnc2c1c(-c1ccc(C(=O)Nc3cc(C#N)ccn3)cc1)nn2C1CCNC1. The fourth-order valence-corrected chi connectivity index (χ4v) is 4.00. The Morgan fingerprint density at radius 2 is 2.06 bits per heavy atom.